The zero-order valence-corrected chi connectivity index (χ0v) is 16.4. The Balaban J connectivity index is 2.58. The molecule has 2 aromatic rings. The number of nitrogens with one attached hydrogen (secondary N) is 1. The van der Waals surface area contributed by atoms with Gasteiger partial charge in [-0.1, -0.05) is 59.7 Å². The molecule has 0 aliphatic heterocycles. The fourth-order valence-electron chi connectivity index (χ4n) is 2.70. The summed E-state index contributed by atoms with van der Waals surface area (Å²) in [5, 5.41) is 14.0. The van der Waals surface area contributed by atoms with Crippen molar-refractivity contribution >= 4 is 17.6 Å². The Labute approximate surface area is 151 Å². The zero-order chi connectivity index (χ0) is 18.8. The molecule has 2 N–H and O–H groups in total. The summed E-state index contributed by atoms with van der Waals surface area (Å²) in [5.41, 5.74) is 4.56. The molecule has 0 radical (unpaired) electrons. The van der Waals surface area contributed by atoms with Crippen LogP contribution < -0.4 is 5.32 Å². The van der Waals surface area contributed by atoms with E-state index in [4.69, 9.17) is 0 Å². The van der Waals surface area contributed by atoms with Crippen molar-refractivity contribution < 1.29 is 5.11 Å². The summed E-state index contributed by atoms with van der Waals surface area (Å²) >= 11 is 0. The molecule has 0 aliphatic carbocycles. The van der Waals surface area contributed by atoms with Crippen molar-refractivity contribution in [2.24, 2.45) is 4.99 Å². The lowest BCUT2D eigenvalue weighted by Gasteiger charge is -2.27. The van der Waals surface area contributed by atoms with Crippen LogP contribution in [-0.4, -0.2) is 18.4 Å². The predicted molar refractivity (Wildman–Crippen MR) is 109 cm³/mol. The number of phenolic OH excluding ortho intramolecular Hbond substituents is 1. The molecule has 3 nitrogen and oxygen atoms in total. The van der Waals surface area contributed by atoms with Crippen LogP contribution in [0.25, 0.3) is 0 Å². The normalized spacial score (nSPS) is 12.6. The minimum absolute atomic E-state index is 0.000822. The van der Waals surface area contributed by atoms with Crippen molar-refractivity contribution in [1.29, 1.82) is 0 Å². The van der Waals surface area contributed by atoms with Gasteiger partial charge in [0.05, 0.1) is 11.4 Å². The van der Waals surface area contributed by atoms with E-state index < -0.39 is 0 Å². The summed E-state index contributed by atoms with van der Waals surface area (Å²) in [6.07, 6.45) is 1.76. The van der Waals surface area contributed by atoms with Crippen molar-refractivity contribution in [2.45, 2.75) is 52.4 Å². The van der Waals surface area contributed by atoms with Gasteiger partial charge in [-0.25, -0.2) is 0 Å². The number of para-hydroxylation sites is 2. The predicted octanol–water partition coefficient (Wildman–Crippen LogP) is 5.78. The molecular weight excluding hydrogens is 308 g/mol. The van der Waals surface area contributed by atoms with Gasteiger partial charge in [-0.3, -0.25) is 4.99 Å². The van der Waals surface area contributed by atoms with Gasteiger partial charge in [0.25, 0.3) is 0 Å². The number of rotatable bonds is 3. The van der Waals surface area contributed by atoms with Crippen LogP contribution in [0.5, 0.6) is 5.75 Å². The summed E-state index contributed by atoms with van der Waals surface area (Å²) in [7, 11) is 1.88. The van der Waals surface area contributed by atoms with Crippen molar-refractivity contribution in [3.63, 3.8) is 0 Å². The van der Waals surface area contributed by atoms with E-state index in [0.29, 0.717) is 5.75 Å². The molecule has 2 aromatic carbocycles. The molecule has 25 heavy (non-hydrogen) atoms. The number of nitrogens with zero attached hydrogens (tertiary/aromatic N) is 1. The van der Waals surface area contributed by atoms with Crippen LogP contribution in [0.2, 0.25) is 0 Å². The minimum Gasteiger partial charge on any atom is -0.507 e. The molecule has 0 amide bonds. The fourth-order valence-corrected chi connectivity index (χ4v) is 2.70. The molecule has 0 heterocycles. The first-order valence-corrected chi connectivity index (χ1v) is 8.73. The Bertz CT molecular complexity index is 778. The number of phenols is 1. The van der Waals surface area contributed by atoms with Crippen LogP contribution in [0.15, 0.2) is 41.4 Å². The van der Waals surface area contributed by atoms with E-state index in [1.165, 1.54) is 5.56 Å². The zero-order valence-electron chi connectivity index (χ0n) is 16.4. The molecule has 0 aliphatic rings. The van der Waals surface area contributed by atoms with Gasteiger partial charge >= 0.3 is 0 Å². The molecule has 0 unspecified atom stereocenters. The maximum atomic E-state index is 10.8. The highest BCUT2D eigenvalue weighted by molar-refractivity contribution is 5.88. The molecule has 2 rings (SSSR count). The molecule has 0 atom stereocenters. The van der Waals surface area contributed by atoms with Gasteiger partial charge in [0.15, 0.2) is 0 Å². The highest BCUT2D eigenvalue weighted by atomic mass is 16.3. The van der Waals surface area contributed by atoms with Crippen LogP contribution in [0.3, 0.4) is 0 Å². The van der Waals surface area contributed by atoms with Gasteiger partial charge in [0, 0.05) is 24.4 Å². The average molecular weight is 338 g/mol. The topological polar surface area (TPSA) is 44.6 Å². The molecule has 0 aromatic heterocycles. The number of aliphatic imine (C=N–C) groups is 1. The van der Waals surface area contributed by atoms with Crippen molar-refractivity contribution in [2.75, 3.05) is 12.4 Å². The summed E-state index contributed by atoms with van der Waals surface area (Å²) in [6, 6.07) is 12.0. The van der Waals surface area contributed by atoms with Crippen molar-refractivity contribution in [3.8, 4) is 5.75 Å². The highest BCUT2D eigenvalue weighted by Crippen LogP contribution is 2.37. The first kappa shape index (κ1) is 19.0. The summed E-state index contributed by atoms with van der Waals surface area (Å²) in [4.78, 5) is 4.61. The Hall–Kier alpha value is -2.29. The van der Waals surface area contributed by atoms with Gasteiger partial charge in [-0.2, -0.15) is 0 Å². The van der Waals surface area contributed by atoms with E-state index in [2.05, 4.69) is 57.9 Å². The third kappa shape index (κ3) is 4.41. The summed E-state index contributed by atoms with van der Waals surface area (Å²) < 4.78 is 0. The lowest BCUT2D eigenvalue weighted by molar-refractivity contribution is 0.444. The highest BCUT2D eigenvalue weighted by Gasteiger charge is 2.24. The summed E-state index contributed by atoms with van der Waals surface area (Å²) in [6.45, 7) is 12.9. The Morgan fingerprint density at radius 3 is 2.16 bits per heavy atom. The maximum absolute atomic E-state index is 10.8. The third-order valence-electron chi connectivity index (χ3n) is 4.33. The second-order valence-corrected chi connectivity index (χ2v) is 8.49. The Morgan fingerprint density at radius 1 is 0.960 bits per heavy atom. The first-order valence-electron chi connectivity index (χ1n) is 8.73. The van der Waals surface area contributed by atoms with Crippen molar-refractivity contribution in [1.82, 2.24) is 0 Å². The minimum atomic E-state index is -0.142. The lowest BCUT2D eigenvalue weighted by Crippen LogP contribution is -2.17. The lowest BCUT2D eigenvalue weighted by atomic mass is 9.79. The molecular formula is C22H30N2O. The second-order valence-electron chi connectivity index (χ2n) is 8.49. The number of anilines is 1. The molecule has 0 saturated carbocycles. The van der Waals surface area contributed by atoms with Crippen LogP contribution in [0, 0.1) is 0 Å². The molecule has 0 saturated heterocycles. The SMILES string of the molecule is CNc1ccccc1/N=C/c1cc(C(C)(C)C)cc(C(C)(C)C)c1O. The number of hydrogen-bond acceptors (Lipinski definition) is 3. The Kier molecular flexibility index (Phi) is 5.26. The van der Waals surface area contributed by atoms with Crippen LogP contribution in [0.4, 0.5) is 11.4 Å². The molecule has 0 bridgehead atoms. The van der Waals surface area contributed by atoms with Gasteiger partial charge in [0.2, 0.25) is 0 Å². The third-order valence-corrected chi connectivity index (χ3v) is 4.33. The standard InChI is InChI=1S/C22H30N2O/c1-21(2,3)16-12-15(20(25)17(13-16)22(4,5)6)14-24-19-11-9-8-10-18(19)23-7/h8-14,23,25H,1-7H3/b24-14+. The number of hydrogen-bond donors (Lipinski definition) is 2. The van der Waals surface area contributed by atoms with Gasteiger partial charge in [-0.15, -0.1) is 0 Å². The van der Waals surface area contributed by atoms with E-state index in [-0.39, 0.29) is 10.8 Å². The van der Waals surface area contributed by atoms with Gasteiger partial charge in [-0.05, 0) is 34.6 Å². The smallest absolute Gasteiger partial charge is 0.128 e. The quantitative estimate of drug-likeness (QED) is 0.697. The fraction of sp³-hybridized carbons (Fsp3) is 0.409. The molecule has 134 valence electrons. The largest absolute Gasteiger partial charge is 0.507 e. The van der Waals surface area contributed by atoms with Crippen LogP contribution in [-0.2, 0) is 10.8 Å². The first-order chi connectivity index (χ1) is 11.5. The monoisotopic (exact) mass is 338 g/mol. The molecule has 0 fully saturated rings. The van der Waals surface area contributed by atoms with E-state index in [9.17, 15) is 5.11 Å². The van der Waals surface area contributed by atoms with Crippen LogP contribution >= 0.6 is 0 Å². The average Bonchev–Trinajstić information content (AvgIpc) is 2.51. The molecule has 3 heteroatoms. The Morgan fingerprint density at radius 2 is 1.60 bits per heavy atom. The maximum Gasteiger partial charge on any atom is 0.128 e. The molecule has 0 spiro atoms. The van der Waals surface area contributed by atoms with E-state index in [1.54, 1.807) is 6.21 Å². The summed E-state index contributed by atoms with van der Waals surface area (Å²) in [5.74, 6) is 0.311. The number of benzene rings is 2. The van der Waals surface area contributed by atoms with E-state index in [1.807, 2.05) is 37.4 Å². The van der Waals surface area contributed by atoms with Crippen molar-refractivity contribution in [3.05, 3.63) is 53.1 Å². The van der Waals surface area contributed by atoms with Gasteiger partial charge < -0.3 is 10.4 Å². The van der Waals surface area contributed by atoms with Gasteiger partial charge in [0.1, 0.15) is 5.75 Å². The second kappa shape index (κ2) is 6.91. The van der Waals surface area contributed by atoms with Crippen LogP contribution in [0.1, 0.15) is 58.2 Å². The van der Waals surface area contributed by atoms with E-state index >= 15 is 0 Å². The van der Waals surface area contributed by atoms with E-state index in [0.717, 1.165) is 22.5 Å². The number of aromatic hydroxyl groups is 1.